The van der Waals surface area contributed by atoms with Gasteiger partial charge in [-0.2, -0.15) is 0 Å². The van der Waals surface area contributed by atoms with Crippen molar-refractivity contribution in [1.82, 2.24) is 0 Å². The molecule has 0 fully saturated rings. The Morgan fingerprint density at radius 2 is 2.11 bits per heavy atom. The summed E-state index contributed by atoms with van der Waals surface area (Å²) in [7, 11) is 0. The van der Waals surface area contributed by atoms with Gasteiger partial charge in [0, 0.05) is 0 Å². The average Bonchev–Trinajstić information content (AvgIpc) is 2.35. The molecule has 0 aliphatic heterocycles. The Balaban J connectivity index is 2.51. The zero-order chi connectivity index (χ0) is 13.1. The number of benzene rings is 1. The van der Waals surface area contributed by atoms with Gasteiger partial charge in [0.25, 0.3) is 0 Å². The zero-order valence-electron chi connectivity index (χ0n) is 9.80. The maximum Gasteiger partial charge on any atom is 0.343 e. The van der Waals surface area contributed by atoms with E-state index < -0.39 is 11.6 Å². The van der Waals surface area contributed by atoms with E-state index in [1.165, 1.54) is 0 Å². The average molecular weight is 248 g/mol. The van der Waals surface area contributed by atoms with Crippen LogP contribution < -0.4 is 5.63 Å². The van der Waals surface area contributed by atoms with Gasteiger partial charge in [0.1, 0.15) is 11.3 Å². The van der Waals surface area contributed by atoms with Crippen LogP contribution in [0.1, 0.15) is 12.5 Å². The summed E-state index contributed by atoms with van der Waals surface area (Å²) in [5.74, 6) is -0.801. The fourth-order valence-corrected chi connectivity index (χ4v) is 1.68. The van der Waals surface area contributed by atoms with Gasteiger partial charge in [0.2, 0.25) is 0 Å². The number of carbonyl (C=O) groups is 1. The summed E-state index contributed by atoms with van der Waals surface area (Å²) in [6, 6.07) is 6.58. The van der Waals surface area contributed by atoms with Crippen molar-refractivity contribution in [3.8, 4) is 5.75 Å². The fourth-order valence-electron chi connectivity index (χ4n) is 1.68. The van der Waals surface area contributed by atoms with Gasteiger partial charge in [-0.3, -0.25) is 4.79 Å². The molecule has 0 aliphatic carbocycles. The molecule has 0 radical (unpaired) electrons. The smallest absolute Gasteiger partial charge is 0.343 e. The van der Waals surface area contributed by atoms with Gasteiger partial charge in [-0.15, -0.1) is 0 Å². The van der Waals surface area contributed by atoms with Gasteiger partial charge < -0.3 is 14.3 Å². The second kappa shape index (κ2) is 4.91. The molecule has 0 saturated heterocycles. The molecule has 18 heavy (non-hydrogen) atoms. The van der Waals surface area contributed by atoms with E-state index in [0.717, 1.165) is 0 Å². The Kier molecular flexibility index (Phi) is 3.32. The third kappa shape index (κ3) is 2.20. The van der Waals surface area contributed by atoms with E-state index in [1.807, 2.05) is 0 Å². The molecule has 0 unspecified atom stereocenters. The molecule has 1 heterocycles. The number of hydrogen-bond donors (Lipinski definition) is 1. The number of ether oxygens (including phenoxy) is 1. The number of para-hydroxylation sites is 1. The van der Waals surface area contributed by atoms with Crippen LogP contribution in [0.5, 0.6) is 5.75 Å². The van der Waals surface area contributed by atoms with E-state index in [2.05, 4.69) is 0 Å². The first-order valence-electron chi connectivity index (χ1n) is 5.52. The van der Waals surface area contributed by atoms with Crippen LogP contribution in [0.2, 0.25) is 0 Å². The minimum absolute atomic E-state index is 0.0767. The van der Waals surface area contributed by atoms with E-state index in [9.17, 15) is 14.7 Å². The van der Waals surface area contributed by atoms with E-state index in [1.54, 1.807) is 31.2 Å². The highest BCUT2D eigenvalue weighted by atomic mass is 16.5. The molecule has 2 rings (SSSR count). The lowest BCUT2D eigenvalue weighted by Crippen LogP contribution is -2.15. The lowest BCUT2D eigenvalue weighted by atomic mass is 10.1. The molecule has 0 aliphatic rings. The molecule has 0 atom stereocenters. The Bertz CT molecular complexity index is 641. The van der Waals surface area contributed by atoms with E-state index in [4.69, 9.17) is 9.15 Å². The molecule has 1 N–H and O–H groups in total. The third-order valence-corrected chi connectivity index (χ3v) is 2.50. The van der Waals surface area contributed by atoms with Crippen molar-refractivity contribution < 1.29 is 19.1 Å². The zero-order valence-corrected chi connectivity index (χ0v) is 9.80. The number of esters is 1. The lowest BCUT2D eigenvalue weighted by molar-refractivity contribution is -0.142. The highest BCUT2D eigenvalue weighted by Crippen LogP contribution is 2.26. The summed E-state index contributed by atoms with van der Waals surface area (Å²) >= 11 is 0. The quantitative estimate of drug-likeness (QED) is 0.659. The Morgan fingerprint density at radius 1 is 1.39 bits per heavy atom. The van der Waals surface area contributed by atoms with Gasteiger partial charge in [0.15, 0.2) is 0 Å². The molecule has 0 saturated carbocycles. The minimum atomic E-state index is -0.723. The molecular weight excluding hydrogens is 236 g/mol. The van der Waals surface area contributed by atoms with Crippen LogP contribution >= 0.6 is 0 Å². The predicted octanol–water partition coefficient (Wildman–Crippen LogP) is 1.60. The van der Waals surface area contributed by atoms with Crippen molar-refractivity contribution in [1.29, 1.82) is 0 Å². The molecule has 1 aromatic heterocycles. The van der Waals surface area contributed by atoms with Crippen molar-refractivity contribution in [3.05, 3.63) is 40.2 Å². The third-order valence-electron chi connectivity index (χ3n) is 2.50. The van der Waals surface area contributed by atoms with Crippen molar-refractivity contribution in [2.45, 2.75) is 13.3 Å². The van der Waals surface area contributed by atoms with E-state index >= 15 is 0 Å². The summed E-state index contributed by atoms with van der Waals surface area (Å²) in [5, 5.41) is 10.4. The lowest BCUT2D eigenvalue weighted by Gasteiger charge is -2.05. The normalized spacial score (nSPS) is 10.5. The minimum Gasteiger partial charge on any atom is -0.507 e. The van der Waals surface area contributed by atoms with Crippen LogP contribution in [-0.2, 0) is 16.0 Å². The van der Waals surface area contributed by atoms with Crippen molar-refractivity contribution >= 4 is 16.9 Å². The van der Waals surface area contributed by atoms with Gasteiger partial charge in [0.05, 0.1) is 24.0 Å². The first kappa shape index (κ1) is 12.2. The van der Waals surface area contributed by atoms with E-state index in [0.29, 0.717) is 5.39 Å². The maximum atomic E-state index is 11.7. The van der Waals surface area contributed by atoms with Crippen molar-refractivity contribution in [2.24, 2.45) is 0 Å². The molecule has 0 spiro atoms. The van der Waals surface area contributed by atoms with Crippen LogP contribution in [-0.4, -0.2) is 17.7 Å². The second-order valence-corrected chi connectivity index (χ2v) is 3.69. The monoisotopic (exact) mass is 248 g/mol. The number of rotatable bonds is 3. The Labute approximate surface area is 103 Å². The fraction of sp³-hybridized carbons (Fsp3) is 0.231. The topological polar surface area (TPSA) is 76.7 Å². The van der Waals surface area contributed by atoms with Crippen LogP contribution in [0.25, 0.3) is 11.0 Å². The highest BCUT2D eigenvalue weighted by Gasteiger charge is 2.17. The van der Waals surface area contributed by atoms with Crippen LogP contribution in [0.4, 0.5) is 0 Å². The van der Waals surface area contributed by atoms with Crippen LogP contribution in [0.15, 0.2) is 33.5 Å². The van der Waals surface area contributed by atoms with Crippen molar-refractivity contribution in [3.63, 3.8) is 0 Å². The summed E-state index contributed by atoms with van der Waals surface area (Å²) in [5.41, 5.74) is -0.515. The summed E-state index contributed by atoms with van der Waals surface area (Å²) < 4.78 is 9.77. The van der Waals surface area contributed by atoms with Gasteiger partial charge >= 0.3 is 11.6 Å². The van der Waals surface area contributed by atoms with E-state index in [-0.39, 0.29) is 29.9 Å². The van der Waals surface area contributed by atoms with Gasteiger partial charge in [-0.05, 0) is 19.1 Å². The maximum absolute atomic E-state index is 11.7. The molecular formula is C13H12O5. The second-order valence-electron chi connectivity index (χ2n) is 3.69. The standard InChI is InChI=1S/C13H12O5/c1-2-17-11(14)7-9-12(15)8-5-3-4-6-10(8)18-13(9)16/h3-6,15H,2,7H2,1H3. The summed E-state index contributed by atoms with van der Waals surface area (Å²) in [6.45, 7) is 1.89. The Hall–Kier alpha value is -2.30. The number of carbonyl (C=O) groups excluding carboxylic acids is 1. The molecule has 5 nitrogen and oxygen atoms in total. The van der Waals surface area contributed by atoms with Crippen molar-refractivity contribution in [2.75, 3.05) is 6.61 Å². The van der Waals surface area contributed by atoms with Crippen LogP contribution in [0, 0.1) is 0 Å². The SMILES string of the molecule is CCOC(=O)Cc1c(O)c2ccccc2oc1=O. The first-order valence-corrected chi connectivity index (χ1v) is 5.52. The molecule has 0 amide bonds. The molecule has 1 aromatic carbocycles. The number of fused-ring (bicyclic) bond motifs is 1. The molecule has 94 valence electrons. The molecule has 5 heteroatoms. The Morgan fingerprint density at radius 3 is 2.83 bits per heavy atom. The highest BCUT2D eigenvalue weighted by molar-refractivity contribution is 5.85. The summed E-state index contributed by atoms with van der Waals surface area (Å²) in [6.07, 6.45) is -0.299. The first-order chi connectivity index (χ1) is 8.63. The number of hydrogen-bond acceptors (Lipinski definition) is 5. The van der Waals surface area contributed by atoms with Gasteiger partial charge in [-0.25, -0.2) is 4.79 Å². The van der Waals surface area contributed by atoms with Crippen LogP contribution in [0.3, 0.4) is 0 Å². The summed E-state index contributed by atoms with van der Waals surface area (Å²) in [4.78, 5) is 23.0. The molecule has 0 bridgehead atoms. The largest absolute Gasteiger partial charge is 0.507 e. The number of aromatic hydroxyl groups is 1. The predicted molar refractivity (Wildman–Crippen MR) is 64.5 cm³/mol. The molecule has 2 aromatic rings. The van der Waals surface area contributed by atoms with Gasteiger partial charge in [-0.1, -0.05) is 12.1 Å².